The number of rotatable bonds is 5. The zero-order valence-electron chi connectivity index (χ0n) is 18.3. The molecule has 1 atom stereocenters. The molecule has 5 rings (SSSR count). The lowest BCUT2D eigenvalue weighted by molar-refractivity contribution is 0.121. The van der Waals surface area contributed by atoms with Gasteiger partial charge in [0, 0.05) is 56.6 Å². The summed E-state index contributed by atoms with van der Waals surface area (Å²) in [7, 11) is -2.11. The van der Waals surface area contributed by atoms with E-state index in [0.29, 0.717) is 5.52 Å². The molecule has 0 amide bonds. The van der Waals surface area contributed by atoms with Gasteiger partial charge in [0.2, 0.25) is 0 Å². The van der Waals surface area contributed by atoms with E-state index in [4.69, 9.17) is 4.74 Å². The summed E-state index contributed by atoms with van der Waals surface area (Å²) in [5.74, 6) is 0. The third-order valence-corrected chi connectivity index (χ3v) is 8.01. The molecule has 2 aromatic carbocycles. The first-order valence-electron chi connectivity index (χ1n) is 11.1. The molecule has 1 N–H and O–H groups in total. The number of benzene rings is 2. The minimum Gasteiger partial charge on any atom is -0.380 e. The van der Waals surface area contributed by atoms with Gasteiger partial charge in [-0.15, -0.1) is 0 Å². The van der Waals surface area contributed by atoms with Crippen LogP contribution in [0.25, 0.3) is 10.9 Å². The Morgan fingerprint density at radius 3 is 2.75 bits per heavy atom. The van der Waals surface area contributed by atoms with Crippen LogP contribution in [0.5, 0.6) is 0 Å². The topological polar surface area (TPSA) is 79.7 Å². The van der Waals surface area contributed by atoms with Gasteiger partial charge >= 0.3 is 0 Å². The summed E-state index contributed by atoms with van der Waals surface area (Å²) in [6.45, 7) is 5.37. The average Bonchev–Trinajstić information content (AvgIpc) is 3.39. The van der Waals surface area contributed by atoms with Crippen LogP contribution in [-0.4, -0.2) is 70.1 Å². The molecule has 0 saturated carbocycles. The SMILES string of the molecule is COC1CCN(c2cccc(S(=O)(=O)n3ncc4ccc(N5CCCNCC5)cc43)c2)C1. The molecule has 0 aliphatic carbocycles. The Balaban J connectivity index is 1.49. The second kappa shape index (κ2) is 8.73. The normalized spacial score (nSPS) is 20.1. The number of nitrogens with one attached hydrogen (secondary N) is 1. The molecule has 3 heterocycles. The lowest BCUT2D eigenvalue weighted by Crippen LogP contribution is -2.27. The van der Waals surface area contributed by atoms with Gasteiger partial charge in [0.25, 0.3) is 10.0 Å². The average molecular weight is 456 g/mol. The maximum atomic E-state index is 13.6. The minimum atomic E-state index is -3.83. The van der Waals surface area contributed by atoms with Crippen LogP contribution in [0, 0.1) is 0 Å². The van der Waals surface area contributed by atoms with Crippen LogP contribution in [-0.2, 0) is 14.8 Å². The van der Waals surface area contributed by atoms with Crippen molar-refractivity contribution in [2.45, 2.75) is 23.8 Å². The van der Waals surface area contributed by atoms with Gasteiger partial charge in [0.15, 0.2) is 0 Å². The molecule has 2 saturated heterocycles. The van der Waals surface area contributed by atoms with Crippen LogP contribution in [0.1, 0.15) is 12.8 Å². The zero-order valence-corrected chi connectivity index (χ0v) is 19.1. The highest BCUT2D eigenvalue weighted by atomic mass is 32.2. The monoisotopic (exact) mass is 455 g/mol. The van der Waals surface area contributed by atoms with Crippen LogP contribution in [0.4, 0.5) is 11.4 Å². The van der Waals surface area contributed by atoms with Crippen LogP contribution < -0.4 is 15.1 Å². The number of ether oxygens (including phenoxy) is 1. The molecule has 0 bridgehead atoms. The smallest absolute Gasteiger partial charge is 0.283 e. The van der Waals surface area contributed by atoms with Gasteiger partial charge in [-0.25, -0.2) is 0 Å². The molecule has 32 heavy (non-hydrogen) atoms. The van der Waals surface area contributed by atoms with Gasteiger partial charge < -0.3 is 19.9 Å². The first kappa shape index (κ1) is 21.2. The standard InChI is InChI=1S/C23H29N5O3S/c1-31-21-8-12-27(17-21)19-4-2-5-22(14-19)32(29,30)28-23-15-20(7-6-18(23)16-25-28)26-11-3-9-24-10-13-26/h2,4-7,14-16,21,24H,3,8-13,17H2,1H3. The Morgan fingerprint density at radius 2 is 1.91 bits per heavy atom. The fourth-order valence-corrected chi connectivity index (χ4v) is 5.88. The highest BCUT2D eigenvalue weighted by Gasteiger charge is 2.25. The molecular formula is C23H29N5O3S. The molecule has 2 aliphatic heterocycles. The van der Waals surface area contributed by atoms with Crippen molar-refractivity contribution in [1.29, 1.82) is 0 Å². The van der Waals surface area contributed by atoms with E-state index < -0.39 is 10.0 Å². The second-order valence-electron chi connectivity index (χ2n) is 8.42. The molecular weight excluding hydrogens is 426 g/mol. The second-order valence-corrected chi connectivity index (χ2v) is 10.2. The summed E-state index contributed by atoms with van der Waals surface area (Å²) >= 11 is 0. The first-order valence-corrected chi connectivity index (χ1v) is 12.6. The molecule has 170 valence electrons. The predicted molar refractivity (Wildman–Crippen MR) is 126 cm³/mol. The highest BCUT2D eigenvalue weighted by molar-refractivity contribution is 7.90. The fourth-order valence-electron chi connectivity index (χ4n) is 4.57. The molecule has 1 unspecified atom stereocenters. The molecule has 2 aliphatic rings. The predicted octanol–water partition coefficient (Wildman–Crippen LogP) is 2.30. The van der Waals surface area contributed by atoms with E-state index in [9.17, 15) is 8.42 Å². The van der Waals surface area contributed by atoms with Crippen molar-refractivity contribution in [3.05, 3.63) is 48.7 Å². The summed E-state index contributed by atoms with van der Waals surface area (Å²) in [6.07, 6.45) is 3.79. The number of hydrogen-bond donors (Lipinski definition) is 1. The van der Waals surface area contributed by atoms with E-state index >= 15 is 0 Å². The number of anilines is 2. The van der Waals surface area contributed by atoms with Crippen molar-refractivity contribution in [3.8, 4) is 0 Å². The third kappa shape index (κ3) is 3.96. The Morgan fingerprint density at radius 1 is 1.03 bits per heavy atom. The largest absolute Gasteiger partial charge is 0.380 e. The lowest BCUT2D eigenvalue weighted by atomic mass is 10.2. The summed E-state index contributed by atoms with van der Waals surface area (Å²) in [4.78, 5) is 4.70. The molecule has 0 spiro atoms. The maximum absolute atomic E-state index is 13.6. The van der Waals surface area contributed by atoms with E-state index in [2.05, 4.69) is 20.2 Å². The van der Waals surface area contributed by atoms with E-state index in [0.717, 1.165) is 68.9 Å². The molecule has 9 heteroatoms. The number of hydrogen-bond acceptors (Lipinski definition) is 7. The third-order valence-electron chi connectivity index (χ3n) is 6.41. The van der Waals surface area contributed by atoms with Gasteiger partial charge in [0.1, 0.15) is 0 Å². The fraction of sp³-hybridized carbons (Fsp3) is 0.435. The van der Waals surface area contributed by atoms with E-state index in [1.165, 1.54) is 4.09 Å². The van der Waals surface area contributed by atoms with Gasteiger partial charge in [-0.2, -0.15) is 17.6 Å². The molecule has 3 aromatic rings. The van der Waals surface area contributed by atoms with Crippen LogP contribution in [0.2, 0.25) is 0 Å². The summed E-state index contributed by atoms with van der Waals surface area (Å²) < 4.78 is 33.8. The molecule has 0 radical (unpaired) electrons. The Hall–Kier alpha value is -2.62. The van der Waals surface area contributed by atoms with Gasteiger partial charge in [0.05, 0.1) is 22.7 Å². The number of methoxy groups -OCH3 is 1. The van der Waals surface area contributed by atoms with Crippen molar-refractivity contribution in [3.63, 3.8) is 0 Å². The van der Waals surface area contributed by atoms with Gasteiger partial charge in [-0.05, 0) is 55.8 Å². The Kier molecular flexibility index (Phi) is 5.79. The van der Waals surface area contributed by atoms with Gasteiger partial charge in [-0.1, -0.05) is 6.07 Å². The van der Waals surface area contributed by atoms with E-state index in [-0.39, 0.29) is 11.0 Å². The summed E-state index contributed by atoms with van der Waals surface area (Å²) in [5.41, 5.74) is 2.51. The highest BCUT2D eigenvalue weighted by Crippen LogP contribution is 2.28. The van der Waals surface area contributed by atoms with Crippen LogP contribution >= 0.6 is 0 Å². The summed E-state index contributed by atoms with van der Waals surface area (Å²) in [6, 6.07) is 13.1. The van der Waals surface area contributed by atoms with Crippen LogP contribution in [0.15, 0.2) is 53.6 Å². The lowest BCUT2D eigenvalue weighted by Gasteiger charge is -2.22. The van der Waals surface area contributed by atoms with Crippen molar-refractivity contribution < 1.29 is 13.2 Å². The maximum Gasteiger partial charge on any atom is 0.283 e. The zero-order chi connectivity index (χ0) is 22.1. The van der Waals surface area contributed by atoms with Crippen LogP contribution in [0.3, 0.4) is 0 Å². The van der Waals surface area contributed by atoms with E-state index in [1.807, 2.05) is 24.3 Å². The number of fused-ring (bicyclic) bond motifs is 1. The van der Waals surface area contributed by atoms with Gasteiger partial charge in [-0.3, -0.25) is 0 Å². The molecule has 1 aromatic heterocycles. The molecule has 2 fully saturated rings. The van der Waals surface area contributed by atoms with Crippen molar-refractivity contribution in [1.82, 2.24) is 14.5 Å². The molecule has 8 nitrogen and oxygen atoms in total. The minimum absolute atomic E-state index is 0.179. The quantitative estimate of drug-likeness (QED) is 0.632. The Labute approximate surface area is 188 Å². The Bertz CT molecular complexity index is 1200. The number of nitrogens with zero attached hydrogens (tertiary/aromatic N) is 4. The number of aromatic nitrogens is 2. The van der Waals surface area contributed by atoms with Crippen molar-refractivity contribution in [2.24, 2.45) is 0 Å². The van der Waals surface area contributed by atoms with Crippen molar-refractivity contribution >= 4 is 32.3 Å². The summed E-state index contributed by atoms with van der Waals surface area (Å²) in [5, 5.41) is 8.48. The first-order chi connectivity index (χ1) is 15.6. The van der Waals surface area contributed by atoms with Crippen molar-refractivity contribution in [2.75, 3.05) is 56.2 Å². The van der Waals surface area contributed by atoms with E-state index in [1.54, 1.807) is 31.5 Å².